The summed E-state index contributed by atoms with van der Waals surface area (Å²) in [6.45, 7) is 2.69. The lowest BCUT2D eigenvalue weighted by molar-refractivity contribution is -0.274. The predicted molar refractivity (Wildman–Crippen MR) is 122 cm³/mol. The van der Waals surface area contributed by atoms with Crippen molar-refractivity contribution in [2.75, 3.05) is 36.4 Å². The number of nitrogens with one attached hydrogen (secondary N) is 1. The van der Waals surface area contributed by atoms with Gasteiger partial charge in [0.15, 0.2) is 5.13 Å². The van der Waals surface area contributed by atoms with E-state index in [4.69, 9.17) is 11.6 Å². The summed E-state index contributed by atoms with van der Waals surface area (Å²) in [6.07, 6.45) is -4.54. The summed E-state index contributed by atoms with van der Waals surface area (Å²) in [5.74, 6) is -0.292. The fourth-order valence-corrected chi connectivity index (χ4v) is 4.38. The highest BCUT2D eigenvalue weighted by atomic mass is 35.5. The van der Waals surface area contributed by atoms with E-state index in [1.165, 1.54) is 35.6 Å². The molecule has 2 aromatic carbocycles. The van der Waals surface area contributed by atoms with E-state index in [0.717, 1.165) is 18.8 Å². The number of aromatic nitrogens is 1. The van der Waals surface area contributed by atoms with E-state index in [-0.39, 0.29) is 18.1 Å². The van der Waals surface area contributed by atoms with Crippen molar-refractivity contribution in [1.29, 1.82) is 0 Å². The molecule has 0 radical (unpaired) electrons. The van der Waals surface area contributed by atoms with Crippen LogP contribution in [0.25, 0.3) is 0 Å². The number of anilines is 3. The first kappa shape index (κ1) is 23.2. The second-order valence-corrected chi connectivity index (χ2v) is 8.66. The SMILES string of the molecule is O=C(Cc1csc(Nc2ccc(OC(F)(F)F)cc2)n1)N1CCN(c2cccc(Cl)c2)CC1. The second-order valence-electron chi connectivity index (χ2n) is 7.37. The van der Waals surface area contributed by atoms with Crippen LogP contribution in [0.1, 0.15) is 5.69 Å². The highest BCUT2D eigenvalue weighted by Gasteiger charge is 2.31. The van der Waals surface area contributed by atoms with Gasteiger partial charge in [-0.25, -0.2) is 4.98 Å². The molecule has 0 spiro atoms. The van der Waals surface area contributed by atoms with Gasteiger partial charge in [0.05, 0.1) is 12.1 Å². The Morgan fingerprint density at radius 2 is 1.85 bits per heavy atom. The fraction of sp³-hybridized carbons (Fsp3) is 0.273. The van der Waals surface area contributed by atoms with Crippen molar-refractivity contribution < 1.29 is 22.7 Å². The largest absolute Gasteiger partial charge is 0.573 e. The summed E-state index contributed by atoms with van der Waals surface area (Å²) in [7, 11) is 0. The molecule has 3 aromatic rings. The maximum absolute atomic E-state index is 12.7. The van der Waals surface area contributed by atoms with Crippen LogP contribution >= 0.6 is 22.9 Å². The normalized spacial score (nSPS) is 14.3. The van der Waals surface area contributed by atoms with Crippen LogP contribution in [0.15, 0.2) is 53.9 Å². The molecule has 0 aliphatic carbocycles. The first-order valence-corrected chi connectivity index (χ1v) is 11.4. The van der Waals surface area contributed by atoms with Crippen LogP contribution < -0.4 is 15.0 Å². The Kier molecular flexibility index (Phi) is 6.94. The number of hydrogen-bond acceptors (Lipinski definition) is 6. The van der Waals surface area contributed by atoms with Crippen molar-refractivity contribution in [2.24, 2.45) is 0 Å². The van der Waals surface area contributed by atoms with Crippen LogP contribution in [-0.2, 0) is 11.2 Å². The molecule has 1 aliphatic rings. The number of thiazole rings is 1. The topological polar surface area (TPSA) is 57.7 Å². The molecular formula is C22H20ClF3N4O2S. The highest BCUT2D eigenvalue weighted by Crippen LogP contribution is 2.27. The monoisotopic (exact) mass is 496 g/mol. The van der Waals surface area contributed by atoms with Crippen LogP contribution in [0.2, 0.25) is 5.02 Å². The summed E-state index contributed by atoms with van der Waals surface area (Å²) in [4.78, 5) is 21.2. The standard InChI is InChI=1S/C22H20ClF3N4O2S/c23-15-2-1-3-18(12-15)29-8-10-30(11-9-29)20(31)13-17-14-33-21(28-17)27-16-4-6-19(7-5-16)32-22(24,25)26/h1-7,12,14H,8-11,13H2,(H,27,28). The summed E-state index contributed by atoms with van der Waals surface area (Å²) in [5.41, 5.74) is 2.25. The van der Waals surface area contributed by atoms with Crippen molar-refractivity contribution in [3.8, 4) is 5.75 Å². The van der Waals surface area contributed by atoms with E-state index >= 15 is 0 Å². The molecule has 33 heavy (non-hydrogen) atoms. The third kappa shape index (κ3) is 6.52. The molecule has 1 amide bonds. The number of ether oxygens (including phenoxy) is 1. The summed E-state index contributed by atoms with van der Waals surface area (Å²) in [6, 6.07) is 13.0. The lowest BCUT2D eigenvalue weighted by atomic mass is 10.2. The number of hydrogen-bond donors (Lipinski definition) is 1. The molecule has 1 saturated heterocycles. The van der Waals surface area contributed by atoms with E-state index in [2.05, 4.69) is 19.9 Å². The van der Waals surface area contributed by atoms with Gasteiger partial charge in [0.25, 0.3) is 0 Å². The van der Waals surface area contributed by atoms with Crippen molar-refractivity contribution in [3.63, 3.8) is 0 Å². The van der Waals surface area contributed by atoms with E-state index in [1.807, 2.05) is 29.2 Å². The second kappa shape index (κ2) is 9.88. The minimum Gasteiger partial charge on any atom is -0.406 e. The summed E-state index contributed by atoms with van der Waals surface area (Å²) < 4.78 is 40.6. The number of amides is 1. The van der Waals surface area contributed by atoms with Crippen LogP contribution in [0.5, 0.6) is 5.75 Å². The number of rotatable bonds is 6. The Morgan fingerprint density at radius 1 is 1.12 bits per heavy atom. The number of nitrogens with zero attached hydrogens (tertiary/aromatic N) is 3. The van der Waals surface area contributed by atoms with Crippen LogP contribution in [0, 0.1) is 0 Å². The molecule has 0 saturated carbocycles. The number of piperazine rings is 1. The molecule has 2 heterocycles. The molecule has 1 fully saturated rings. The Bertz CT molecular complexity index is 1100. The predicted octanol–water partition coefficient (Wildman–Crippen LogP) is 5.33. The van der Waals surface area contributed by atoms with Gasteiger partial charge in [-0.15, -0.1) is 24.5 Å². The van der Waals surface area contributed by atoms with Crippen LogP contribution in [-0.4, -0.2) is 48.3 Å². The summed E-state index contributed by atoms with van der Waals surface area (Å²) >= 11 is 7.39. The maximum atomic E-state index is 12.7. The van der Waals surface area contributed by atoms with Gasteiger partial charge in [0.1, 0.15) is 5.75 Å². The Morgan fingerprint density at radius 3 is 2.52 bits per heavy atom. The smallest absolute Gasteiger partial charge is 0.406 e. The van der Waals surface area contributed by atoms with Gasteiger partial charge in [-0.3, -0.25) is 4.79 Å². The van der Waals surface area contributed by atoms with Gasteiger partial charge < -0.3 is 19.9 Å². The van der Waals surface area contributed by atoms with Gasteiger partial charge in [-0.2, -0.15) is 0 Å². The van der Waals surface area contributed by atoms with Gasteiger partial charge in [0, 0.05) is 48.0 Å². The first-order valence-electron chi connectivity index (χ1n) is 10.1. The number of carbonyl (C=O) groups is 1. The molecule has 6 nitrogen and oxygen atoms in total. The molecule has 11 heteroatoms. The average molecular weight is 497 g/mol. The van der Waals surface area contributed by atoms with Crippen molar-refractivity contribution in [3.05, 3.63) is 64.6 Å². The molecule has 0 atom stereocenters. The van der Waals surface area contributed by atoms with E-state index in [1.54, 1.807) is 5.38 Å². The van der Waals surface area contributed by atoms with E-state index in [0.29, 0.717) is 34.6 Å². The third-order valence-electron chi connectivity index (χ3n) is 5.03. The highest BCUT2D eigenvalue weighted by molar-refractivity contribution is 7.13. The molecule has 1 N–H and O–H groups in total. The number of halogens is 4. The zero-order chi connectivity index (χ0) is 23.4. The minimum atomic E-state index is -4.73. The van der Waals surface area contributed by atoms with Crippen LogP contribution in [0.4, 0.5) is 29.7 Å². The Balaban J connectivity index is 1.27. The fourth-order valence-electron chi connectivity index (χ4n) is 3.46. The van der Waals surface area contributed by atoms with Crippen LogP contribution in [0.3, 0.4) is 0 Å². The van der Waals surface area contributed by atoms with E-state index in [9.17, 15) is 18.0 Å². The van der Waals surface area contributed by atoms with Crippen molar-refractivity contribution >= 4 is 45.4 Å². The average Bonchev–Trinajstić information content (AvgIpc) is 3.21. The van der Waals surface area contributed by atoms with Gasteiger partial charge in [-0.05, 0) is 42.5 Å². The molecule has 174 valence electrons. The molecule has 0 unspecified atom stereocenters. The van der Waals surface area contributed by atoms with Crippen molar-refractivity contribution in [2.45, 2.75) is 12.8 Å². The molecule has 1 aromatic heterocycles. The Labute approximate surface area is 197 Å². The number of benzene rings is 2. The van der Waals surface area contributed by atoms with E-state index < -0.39 is 6.36 Å². The maximum Gasteiger partial charge on any atom is 0.573 e. The quantitative estimate of drug-likeness (QED) is 0.500. The Hall–Kier alpha value is -2.98. The third-order valence-corrected chi connectivity index (χ3v) is 6.07. The summed E-state index contributed by atoms with van der Waals surface area (Å²) in [5, 5.41) is 6.05. The minimum absolute atomic E-state index is 0.00578. The molecule has 4 rings (SSSR count). The van der Waals surface area contributed by atoms with Gasteiger partial charge >= 0.3 is 6.36 Å². The molecule has 1 aliphatic heterocycles. The zero-order valence-corrected chi connectivity index (χ0v) is 18.9. The number of carbonyl (C=O) groups excluding carboxylic acids is 1. The molecule has 0 bridgehead atoms. The number of alkyl halides is 3. The lowest BCUT2D eigenvalue weighted by Crippen LogP contribution is -2.49. The van der Waals surface area contributed by atoms with Gasteiger partial charge in [-0.1, -0.05) is 17.7 Å². The lowest BCUT2D eigenvalue weighted by Gasteiger charge is -2.36. The van der Waals surface area contributed by atoms with Crippen molar-refractivity contribution in [1.82, 2.24) is 9.88 Å². The zero-order valence-electron chi connectivity index (χ0n) is 17.3. The van der Waals surface area contributed by atoms with Gasteiger partial charge in [0.2, 0.25) is 5.91 Å². The first-order chi connectivity index (χ1) is 15.7. The molecular weight excluding hydrogens is 477 g/mol.